The van der Waals surface area contributed by atoms with Gasteiger partial charge in [0.15, 0.2) is 0 Å². The summed E-state index contributed by atoms with van der Waals surface area (Å²) in [6.07, 6.45) is 0. The highest BCUT2D eigenvalue weighted by molar-refractivity contribution is 5.75. The number of benzene rings is 2. The van der Waals surface area contributed by atoms with Crippen LogP contribution in [-0.2, 0) is 0 Å². The molecule has 1 aliphatic heterocycles. The molecule has 0 bridgehead atoms. The van der Waals surface area contributed by atoms with Crippen molar-refractivity contribution in [3.63, 3.8) is 0 Å². The van der Waals surface area contributed by atoms with E-state index in [-0.39, 0.29) is 11.4 Å². The van der Waals surface area contributed by atoms with Crippen molar-refractivity contribution in [2.24, 2.45) is 0 Å². The molecule has 3 heterocycles. The first-order chi connectivity index (χ1) is 13.2. The molecule has 0 radical (unpaired) electrons. The summed E-state index contributed by atoms with van der Waals surface area (Å²) in [5, 5.41) is 21.5. The molecule has 0 aliphatic carbocycles. The molecule has 0 unspecified atom stereocenters. The van der Waals surface area contributed by atoms with E-state index >= 15 is 0 Å². The lowest BCUT2D eigenvalue weighted by atomic mass is 9.92. The van der Waals surface area contributed by atoms with Crippen molar-refractivity contribution in [2.75, 3.05) is 5.32 Å². The molecule has 1 aliphatic rings. The summed E-state index contributed by atoms with van der Waals surface area (Å²) in [4.78, 5) is 12.5. The molecule has 2 N–H and O–H groups in total. The topological polar surface area (TPSA) is 101 Å². The molecule has 132 valence electrons. The lowest BCUT2D eigenvalue weighted by molar-refractivity contribution is 0.564. The smallest absolute Gasteiger partial charge is 0.288 e. The van der Waals surface area contributed by atoms with Gasteiger partial charge in [-0.2, -0.15) is 9.78 Å². The lowest BCUT2D eigenvalue weighted by Crippen LogP contribution is -2.29. The number of aromatic amines is 1. The summed E-state index contributed by atoms with van der Waals surface area (Å²) < 4.78 is 15.0. The first-order valence-corrected chi connectivity index (χ1v) is 8.21. The van der Waals surface area contributed by atoms with Gasteiger partial charge in [0, 0.05) is 11.1 Å². The number of nitrogens with one attached hydrogen (secondary N) is 2. The van der Waals surface area contributed by atoms with E-state index in [2.05, 4.69) is 31.0 Å². The quantitative estimate of drug-likeness (QED) is 0.500. The third-order valence-electron chi connectivity index (χ3n) is 4.50. The molecule has 0 fully saturated rings. The number of anilines is 2. The molecule has 5 rings (SSSR count). The number of aromatic nitrogens is 6. The fraction of sp³-hybridized carbons (Fsp3) is 0.0556. The third-order valence-corrected chi connectivity index (χ3v) is 4.50. The largest absolute Gasteiger partial charge is 0.318 e. The van der Waals surface area contributed by atoms with Gasteiger partial charge < -0.3 is 5.32 Å². The highest BCUT2D eigenvalue weighted by atomic mass is 19.1. The van der Waals surface area contributed by atoms with E-state index in [1.54, 1.807) is 16.8 Å². The zero-order valence-electron chi connectivity index (χ0n) is 13.8. The minimum atomic E-state index is -0.531. The number of H-pyrrole nitrogens is 1. The Labute approximate surface area is 151 Å². The fourth-order valence-corrected chi connectivity index (χ4v) is 3.31. The zero-order chi connectivity index (χ0) is 18.4. The van der Waals surface area contributed by atoms with Crippen molar-refractivity contribution in [1.29, 1.82) is 0 Å². The van der Waals surface area contributed by atoms with Crippen LogP contribution in [0.1, 0.15) is 17.2 Å². The van der Waals surface area contributed by atoms with Crippen molar-refractivity contribution >= 4 is 11.6 Å². The van der Waals surface area contributed by atoms with E-state index in [0.29, 0.717) is 22.9 Å². The molecule has 0 spiro atoms. The van der Waals surface area contributed by atoms with Crippen LogP contribution in [0, 0.1) is 5.82 Å². The molecular formula is C18H12FN7O. The van der Waals surface area contributed by atoms with Crippen LogP contribution in [0.15, 0.2) is 59.4 Å². The van der Waals surface area contributed by atoms with Gasteiger partial charge in [-0.05, 0) is 28.1 Å². The van der Waals surface area contributed by atoms with Crippen LogP contribution in [0.4, 0.5) is 16.0 Å². The maximum Gasteiger partial charge on any atom is 0.288 e. The number of rotatable bonds is 2. The summed E-state index contributed by atoms with van der Waals surface area (Å²) in [5.41, 5.74) is 2.71. The molecule has 1 atom stereocenters. The predicted molar refractivity (Wildman–Crippen MR) is 95.0 cm³/mol. The third kappa shape index (κ3) is 2.40. The molecule has 0 saturated carbocycles. The standard InChI is InChI=1S/C18H12FN7O/c19-12-8-6-11(7-9-12)16-13-14(10-4-2-1-3-5-10)21-22-17(27)15(13)20-18-23-24-25-26(16)18/h1-9,16H,(H,22,27)(H,20,23,25)/t16-/m1/s1. The second-order valence-electron chi connectivity index (χ2n) is 6.08. The van der Waals surface area contributed by atoms with Crippen molar-refractivity contribution in [1.82, 2.24) is 30.4 Å². The maximum absolute atomic E-state index is 13.5. The van der Waals surface area contributed by atoms with Crippen LogP contribution in [0.25, 0.3) is 11.3 Å². The summed E-state index contributed by atoms with van der Waals surface area (Å²) >= 11 is 0. The van der Waals surface area contributed by atoms with Gasteiger partial charge in [-0.15, -0.1) is 0 Å². The van der Waals surface area contributed by atoms with Gasteiger partial charge in [-0.1, -0.05) is 47.6 Å². The molecule has 0 saturated heterocycles. The van der Waals surface area contributed by atoms with E-state index in [9.17, 15) is 9.18 Å². The van der Waals surface area contributed by atoms with E-state index < -0.39 is 6.04 Å². The van der Waals surface area contributed by atoms with Gasteiger partial charge in [-0.3, -0.25) is 4.79 Å². The minimum Gasteiger partial charge on any atom is -0.318 e. The fourth-order valence-electron chi connectivity index (χ4n) is 3.31. The number of tetrazole rings is 1. The number of nitrogens with zero attached hydrogens (tertiary/aromatic N) is 5. The second kappa shape index (κ2) is 5.84. The van der Waals surface area contributed by atoms with Crippen molar-refractivity contribution in [3.8, 4) is 11.3 Å². The average Bonchev–Trinajstić information content (AvgIpc) is 3.17. The maximum atomic E-state index is 13.5. The molecule has 9 heteroatoms. The predicted octanol–water partition coefficient (Wildman–Crippen LogP) is 2.26. The average molecular weight is 361 g/mol. The van der Waals surface area contributed by atoms with Gasteiger partial charge in [-0.25, -0.2) is 9.49 Å². The molecule has 4 aromatic rings. The first kappa shape index (κ1) is 15.4. The van der Waals surface area contributed by atoms with Crippen LogP contribution in [0.3, 0.4) is 0 Å². The van der Waals surface area contributed by atoms with E-state index in [4.69, 9.17) is 0 Å². The van der Waals surface area contributed by atoms with E-state index in [1.807, 2.05) is 30.3 Å². The van der Waals surface area contributed by atoms with Crippen LogP contribution < -0.4 is 10.9 Å². The molecule has 0 amide bonds. The Balaban J connectivity index is 1.83. The van der Waals surface area contributed by atoms with Gasteiger partial charge in [0.05, 0.1) is 5.69 Å². The Morgan fingerprint density at radius 1 is 1.04 bits per heavy atom. The minimum absolute atomic E-state index is 0.320. The van der Waals surface area contributed by atoms with E-state index in [0.717, 1.165) is 11.1 Å². The van der Waals surface area contributed by atoms with E-state index in [1.165, 1.54) is 12.1 Å². The Bertz CT molecular complexity index is 1180. The Morgan fingerprint density at radius 2 is 1.81 bits per heavy atom. The number of fused-ring (bicyclic) bond motifs is 2. The van der Waals surface area contributed by atoms with Crippen molar-refractivity contribution in [2.45, 2.75) is 6.04 Å². The SMILES string of the molecule is O=c1[nH]nc(-c2ccccc2)c2c1Nc1nnnn1[C@@H]2c1ccc(F)cc1. The van der Waals surface area contributed by atoms with Crippen LogP contribution >= 0.6 is 0 Å². The van der Waals surface area contributed by atoms with Crippen LogP contribution in [-0.4, -0.2) is 30.4 Å². The molecular weight excluding hydrogens is 349 g/mol. The van der Waals surface area contributed by atoms with Gasteiger partial charge in [0.1, 0.15) is 17.5 Å². The van der Waals surface area contributed by atoms with Crippen LogP contribution in [0.2, 0.25) is 0 Å². The van der Waals surface area contributed by atoms with Gasteiger partial charge in [0.2, 0.25) is 5.95 Å². The Morgan fingerprint density at radius 3 is 2.59 bits per heavy atom. The molecule has 27 heavy (non-hydrogen) atoms. The first-order valence-electron chi connectivity index (χ1n) is 8.21. The Kier molecular flexibility index (Phi) is 3.32. The van der Waals surface area contributed by atoms with Gasteiger partial charge >= 0.3 is 0 Å². The van der Waals surface area contributed by atoms with Crippen molar-refractivity contribution < 1.29 is 4.39 Å². The zero-order valence-corrected chi connectivity index (χ0v) is 13.8. The summed E-state index contributed by atoms with van der Waals surface area (Å²) in [6.45, 7) is 0. The second-order valence-corrected chi connectivity index (χ2v) is 6.08. The van der Waals surface area contributed by atoms with Crippen molar-refractivity contribution in [3.05, 3.63) is 81.9 Å². The van der Waals surface area contributed by atoms with Crippen LogP contribution in [0.5, 0.6) is 0 Å². The summed E-state index contributed by atoms with van der Waals surface area (Å²) in [7, 11) is 0. The highest BCUT2D eigenvalue weighted by Gasteiger charge is 2.34. The molecule has 2 aromatic carbocycles. The summed E-state index contributed by atoms with van der Waals surface area (Å²) in [6, 6.07) is 15.0. The Hall–Kier alpha value is -3.88. The summed E-state index contributed by atoms with van der Waals surface area (Å²) in [5.74, 6) is -0.0234. The number of hydrogen-bond acceptors (Lipinski definition) is 6. The molecule has 8 nitrogen and oxygen atoms in total. The lowest BCUT2D eigenvalue weighted by Gasteiger charge is -2.27. The molecule has 2 aromatic heterocycles. The normalized spacial score (nSPS) is 14.9. The van der Waals surface area contributed by atoms with Gasteiger partial charge in [0.25, 0.3) is 5.56 Å². The monoisotopic (exact) mass is 361 g/mol. The number of halogens is 1. The highest BCUT2D eigenvalue weighted by Crippen LogP contribution is 2.40. The number of hydrogen-bond donors (Lipinski definition) is 2.